The number of pyridine rings is 1. The Balaban J connectivity index is 1.59. The van der Waals surface area contributed by atoms with Gasteiger partial charge in [-0.15, -0.1) is 0 Å². The second-order valence-corrected chi connectivity index (χ2v) is 9.81. The van der Waals surface area contributed by atoms with Gasteiger partial charge in [-0.05, 0) is 57.0 Å². The van der Waals surface area contributed by atoms with Crippen LogP contribution in [-0.4, -0.2) is 41.5 Å². The van der Waals surface area contributed by atoms with Crippen molar-refractivity contribution in [3.8, 4) is 5.75 Å². The maximum Gasteiger partial charge on any atom is 0.243 e. The summed E-state index contributed by atoms with van der Waals surface area (Å²) in [6.45, 7) is 7.26. The van der Waals surface area contributed by atoms with Gasteiger partial charge in [-0.25, -0.2) is 12.8 Å². The summed E-state index contributed by atoms with van der Waals surface area (Å²) in [5.41, 5.74) is 2.19. The van der Waals surface area contributed by atoms with E-state index in [0.29, 0.717) is 13.1 Å². The molecule has 0 saturated carbocycles. The zero-order valence-electron chi connectivity index (χ0n) is 17.4. The maximum atomic E-state index is 14.4. The molecule has 6 nitrogen and oxygen atoms in total. The monoisotopic (exact) mass is 431 g/mol. The molecule has 4 rings (SSSR count). The molecule has 0 spiro atoms. The van der Waals surface area contributed by atoms with Crippen molar-refractivity contribution >= 4 is 20.9 Å². The van der Waals surface area contributed by atoms with Gasteiger partial charge < -0.3 is 9.30 Å². The van der Waals surface area contributed by atoms with Crippen LogP contribution in [0, 0.1) is 5.82 Å². The Kier molecular flexibility index (Phi) is 5.55. The van der Waals surface area contributed by atoms with Gasteiger partial charge in [0.25, 0.3) is 0 Å². The van der Waals surface area contributed by atoms with E-state index in [9.17, 15) is 12.8 Å². The lowest BCUT2D eigenvalue weighted by molar-refractivity contribution is 0.231. The smallest absolute Gasteiger partial charge is 0.243 e. The van der Waals surface area contributed by atoms with Crippen molar-refractivity contribution in [2.75, 3.05) is 13.1 Å². The van der Waals surface area contributed by atoms with Crippen LogP contribution in [0.25, 0.3) is 10.9 Å². The Bertz CT molecular complexity index is 1170. The molecule has 30 heavy (non-hydrogen) atoms. The van der Waals surface area contributed by atoms with Crippen LogP contribution in [0.2, 0.25) is 0 Å². The van der Waals surface area contributed by atoms with Gasteiger partial charge in [0.1, 0.15) is 0 Å². The summed E-state index contributed by atoms with van der Waals surface area (Å²) in [6.07, 6.45) is 6.24. The molecule has 0 amide bonds. The zero-order chi connectivity index (χ0) is 21.5. The minimum absolute atomic E-state index is 0.0445. The molecule has 3 aromatic rings. The summed E-state index contributed by atoms with van der Waals surface area (Å²) in [5.74, 6) is -0.519. The minimum Gasteiger partial charge on any atom is -0.488 e. The van der Waals surface area contributed by atoms with Gasteiger partial charge in [-0.1, -0.05) is 0 Å². The first-order valence-corrected chi connectivity index (χ1v) is 11.6. The van der Waals surface area contributed by atoms with Crippen LogP contribution in [0.1, 0.15) is 38.7 Å². The SMILES string of the molecule is CCn1cc(C2CCN(S(=O)(=O)c3ccc(OC(C)C)c(F)c3)C2)c2ccncc21. The van der Waals surface area contributed by atoms with Crippen molar-refractivity contribution in [3.05, 3.63) is 54.2 Å². The molecule has 0 radical (unpaired) electrons. The highest BCUT2D eigenvalue weighted by atomic mass is 32.2. The Hall–Kier alpha value is -2.45. The molecule has 1 unspecified atom stereocenters. The Morgan fingerprint density at radius 1 is 1.30 bits per heavy atom. The fourth-order valence-electron chi connectivity index (χ4n) is 4.09. The molecule has 0 bridgehead atoms. The first-order valence-electron chi connectivity index (χ1n) is 10.2. The predicted molar refractivity (Wildman–Crippen MR) is 114 cm³/mol. The molecule has 1 fully saturated rings. The maximum absolute atomic E-state index is 14.4. The van der Waals surface area contributed by atoms with Crippen molar-refractivity contribution in [1.82, 2.24) is 13.9 Å². The molecule has 2 aromatic heterocycles. The molecular formula is C22H26FN3O3S. The summed E-state index contributed by atoms with van der Waals surface area (Å²) in [6, 6.07) is 5.83. The number of nitrogens with zero attached hydrogens (tertiary/aromatic N) is 3. The van der Waals surface area contributed by atoms with Crippen LogP contribution in [0.4, 0.5) is 4.39 Å². The fraction of sp³-hybridized carbons (Fsp3) is 0.409. The molecule has 1 aliphatic heterocycles. The first-order chi connectivity index (χ1) is 14.3. The quantitative estimate of drug-likeness (QED) is 0.588. The van der Waals surface area contributed by atoms with Gasteiger partial charge in [0.2, 0.25) is 10.0 Å². The van der Waals surface area contributed by atoms with Crippen LogP contribution in [0.15, 0.2) is 47.8 Å². The van der Waals surface area contributed by atoms with Gasteiger partial charge in [-0.3, -0.25) is 4.98 Å². The average Bonchev–Trinajstić information content (AvgIpc) is 3.34. The highest BCUT2D eigenvalue weighted by Crippen LogP contribution is 2.36. The van der Waals surface area contributed by atoms with Gasteiger partial charge in [0, 0.05) is 43.3 Å². The second kappa shape index (κ2) is 8.00. The van der Waals surface area contributed by atoms with Crippen molar-refractivity contribution in [3.63, 3.8) is 0 Å². The van der Waals surface area contributed by atoms with E-state index in [0.717, 1.165) is 35.5 Å². The van der Waals surface area contributed by atoms with E-state index in [-0.39, 0.29) is 22.7 Å². The largest absolute Gasteiger partial charge is 0.488 e. The highest BCUT2D eigenvalue weighted by Gasteiger charge is 2.35. The standard InChI is InChI=1S/C22H26FN3O3S/c1-4-25-14-19(18-7-9-24-12-21(18)25)16-8-10-26(13-16)30(27,28)17-5-6-22(20(23)11-17)29-15(2)3/h5-7,9,11-12,14-16H,4,8,10,13H2,1-3H3. The van der Waals surface area contributed by atoms with Crippen LogP contribution < -0.4 is 4.74 Å². The van der Waals surface area contributed by atoms with Crippen molar-refractivity contribution in [2.45, 2.75) is 50.7 Å². The third kappa shape index (κ3) is 3.70. The summed E-state index contributed by atoms with van der Waals surface area (Å²) in [4.78, 5) is 4.17. The number of hydrogen-bond donors (Lipinski definition) is 0. The van der Waals surface area contributed by atoms with Crippen LogP contribution in [-0.2, 0) is 16.6 Å². The number of sulfonamides is 1. The van der Waals surface area contributed by atoms with Gasteiger partial charge in [0.15, 0.2) is 11.6 Å². The topological polar surface area (TPSA) is 64.4 Å². The number of fused-ring (bicyclic) bond motifs is 1. The van der Waals surface area contributed by atoms with E-state index >= 15 is 0 Å². The zero-order valence-corrected chi connectivity index (χ0v) is 18.2. The third-order valence-corrected chi connectivity index (χ3v) is 7.41. The van der Waals surface area contributed by atoms with E-state index in [1.165, 1.54) is 16.4 Å². The fourth-order valence-corrected chi connectivity index (χ4v) is 5.61. The van der Waals surface area contributed by atoms with Crippen molar-refractivity contribution in [2.24, 2.45) is 0 Å². The van der Waals surface area contributed by atoms with Gasteiger partial charge in [-0.2, -0.15) is 4.31 Å². The summed E-state index contributed by atoms with van der Waals surface area (Å²) >= 11 is 0. The van der Waals surface area contributed by atoms with Crippen LogP contribution in [0.5, 0.6) is 5.75 Å². The molecule has 160 valence electrons. The molecule has 1 saturated heterocycles. The van der Waals surface area contributed by atoms with Gasteiger partial charge in [0.05, 0.1) is 22.7 Å². The molecule has 1 aliphatic rings. The molecule has 3 heterocycles. The number of hydrogen-bond acceptors (Lipinski definition) is 4. The number of aromatic nitrogens is 2. The number of ether oxygens (including phenoxy) is 1. The lowest BCUT2D eigenvalue weighted by Crippen LogP contribution is -2.28. The summed E-state index contributed by atoms with van der Waals surface area (Å²) in [7, 11) is -3.78. The molecule has 1 atom stereocenters. The van der Waals surface area contributed by atoms with E-state index in [4.69, 9.17) is 4.74 Å². The number of rotatable bonds is 6. The van der Waals surface area contributed by atoms with Crippen LogP contribution in [0.3, 0.4) is 0 Å². The lowest BCUT2D eigenvalue weighted by Gasteiger charge is -2.18. The summed E-state index contributed by atoms with van der Waals surface area (Å²) in [5, 5.41) is 1.11. The number of halogens is 1. The first kappa shape index (κ1) is 20.8. The Labute approximate surface area is 176 Å². The second-order valence-electron chi connectivity index (χ2n) is 7.87. The normalized spacial score (nSPS) is 17.8. The summed E-state index contributed by atoms with van der Waals surface area (Å²) < 4.78 is 49.6. The van der Waals surface area contributed by atoms with Crippen molar-refractivity contribution in [1.29, 1.82) is 0 Å². The van der Waals surface area contributed by atoms with E-state index in [1.807, 2.05) is 12.3 Å². The third-order valence-electron chi connectivity index (χ3n) is 5.55. The average molecular weight is 432 g/mol. The minimum atomic E-state index is -3.78. The number of aryl methyl sites for hydroxylation is 1. The van der Waals surface area contributed by atoms with Crippen molar-refractivity contribution < 1.29 is 17.5 Å². The van der Waals surface area contributed by atoms with Crippen LogP contribution >= 0.6 is 0 Å². The molecule has 8 heteroatoms. The Morgan fingerprint density at radius 3 is 2.80 bits per heavy atom. The Morgan fingerprint density at radius 2 is 2.10 bits per heavy atom. The molecule has 1 aromatic carbocycles. The van der Waals surface area contributed by atoms with E-state index in [1.54, 1.807) is 20.0 Å². The predicted octanol–water partition coefficient (Wildman–Crippen LogP) is 4.16. The van der Waals surface area contributed by atoms with Gasteiger partial charge >= 0.3 is 0 Å². The number of benzene rings is 1. The van der Waals surface area contributed by atoms with E-state index in [2.05, 4.69) is 22.7 Å². The molecule has 0 aliphatic carbocycles. The molecular weight excluding hydrogens is 405 g/mol. The van der Waals surface area contributed by atoms with E-state index < -0.39 is 15.8 Å². The highest BCUT2D eigenvalue weighted by molar-refractivity contribution is 7.89. The lowest BCUT2D eigenvalue weighted by atomic mass is 9.98. The molecule has 0 N–H and O–H groups in total.